The van der Waals surface area contributed by atoms with Crippen LogP contribution in [0.25, 0.3) is 0 Å². The van der Waals surface area contributed by atoms with Gasteiger partial charge in [0, 0.05) is 23.3 Å². The number of carbonyl (C=O) groups is 2. The Kier molecular flexibility index (Phi) is 3.55. The van der Waals surface area contributed by atoms with Crippen LogP contribution in [0.2, 0.25) is 0 Å². The number of esters is 1. The molecule has 2 aliphatic rings. The largest absolute Gasteiger partial charge is 0.465 e. The van der Waals surface area contributed by atoms with Gasteiger partial charge in [0.2, 0.25) is 5.88 Å². The number of Topliss-reactive ketones (excluding diaryl/α,β-unsaturated/α-hetero) is 1. The van der Waals surface area contributed by atoms with Crippen LogP contribution in [0.5, 0.6) is 0 Å². The number of ketones is 1. The summed E-state index contributed by atoms with van der Waals surface area (Å²) in [5, 5.41) is 1.91. The Hall–Kier alpha value is -2.08. The monoisotopic (exact) mass is 305 g/mol. The molecule has 0 aromatic carbocycles. The van der Waals surface area contributed by atoms with E-state index in [2.05, 4.69) is 0 Å². The van der Waals surface area contributed by atoms with Gasteiger partial charge in [-0.05, 0) is 17.9 Å². The van der Waals surface area contributed by atoms with Crippen molar-refractivity contribution in [3.63, 3.8) is 0 Å². The SMILES string of the molecule is COC(=O)C1=C(N)OC2=C(C(=O)CCC2)[C@@H]1c1cccs1. The molecule has 0 radical (unpaired) electrons. The Morgan fingerprint density at radius 1 is 1.48 bits per heavy atom. The third-order valence-electron chi connectivity index (χ3n) is 3.72. The maximum absolute atomic E-state index is 12.3. The second kappa shape index (κ2) is 5.37. The topological polar surface area (TPSA) is 78.6 Å². The summed E-state index contributed by atoms with van der Waals surface area (Å²) in [5.41, 5.74) is 6.69. The summed E-state index contributed by atoms with van der Waals surface area (Å²) < 4.78 is 10.4. The van der Waals surface area contributed by atoms with Crippen LogP contribution in [-0.2, 0) is 19.1 Å². The number of nitrogens with two attached hydrogens (primary N) is 1. The molecule has 1 aromatic rings. The molecule has 3 rings (SSSR count). The Morgan fingerprint density at radius 3 is 2.95 bits per heavy atom. The van der Waals surface area contributed by atoms with E-state index in [1.54, 1.807) is 0 Å². The van der Waals surface area contributed by atoms with Crippen molar-refractivity contribution in [2.45, 2.75) is 25.2 Å². The summed E-state index contributed by atoms with van der Waals surface area (Å²) in [4.78, 5) is 25.3. The Bertz CT molecular complexity index is 657. The highest BCUT2D eigenvalue weighted by Gasteiger charge is 2.41. The van der Waals surface area contributed by atoms with Gasteiger partial charge < -0.3 is 15.2 Å². The molecule has 1 aliphatic heterocycles. The van der Waals surface area contributed by atoms with Crippen LogP contribution in [0, 0.1) is 0 Å². The van der Waals surface area contributed by atoms with E-state index in [0.717, 1.165) is 11.3 Å². The third kappa shape index (κ3) is 2.25. The zero-order valence-corrected chi connectivity index (χ0v) is 12.4. The molecular formula is C15H15NO4S. The lowest BCUT2D eigenvalue weighted by molar-refractivity contribution is -0.136. The van der Waals surface area contributed by atoms with Gasteiger partial charge in [0.25, 0.3) is 0 Å². The molecule has 1 atom stereocenters. The zero-order chi connectivity index (χ0) is 15.0. The van der Waals surface area contributed by atoms with Gasteiger partial charge in [-0.3, -0.25) is 4.79 Å². The smallest absolute Gasteiger partial charge is 0.340 e. The van der Waals surface area contributed by atoms with Crippen molar-refractivity contribution in [3.05, 3.63) is 45.2 Å². The summed E-state index contributed by atoms with van der Waals surface area (Å²) in [7, 11) is 1.29. The number of rotatable bonds is 2. The van der Waals surface area contributed by atoms with Crippen LogP contribution in [0.3, 0.4) is 0 Å². The van der Waals surface area contributed by atoms with E-state index in [1.165, 1.54) is 18.4 Å². The van der Waals surface area contributed by atoms with E-state index >= 15 is 0 Å². The Balaban J connectivity index is 2.17. The van der Waals surface area contributed by atoms with Gasteiger partial charge >= 0.3 is 5.97 Å². The third-order valence-corrected chi connectivity index (χ3v) is 4.65. The Morgan fingerprint density at radius 2 is 2.29 bits per heavy atom. The fourth-order valence-corrected chi connectivity index (χ4v) is 3.65. The first-order valence-corrected chi connectivity index (χ1v) is 7.57. The van der Waals surface area contributed by atoms with Gasteiger partial charge in [0.15, 0.2) is 5.78 Å². The lowest BCUT2D eigenvalue weighted by Crippen LogP contribution is -2.30. The van der Waals surface area contributed by atoms with Crippen LogP contribution < -0.4 is 5.73 Å². The van der Waals surface area contributed by atoms with Crippen LogP contribution in [0.15, 0.2) is 40.3 Å². The van der Waals surface area contributed by atoms with Crippen molar-refractivity contribution in [3.8, 4) is 0 Å². The normalized spacial score (nSPS) is 22.0. The van der Waals surface area contributed by atoms with Gasteiger partial charge in [0.1, 0.15) is 11.3 Å². The molecule has 5 nitrogen and oxygen atoms in total. The average Bonchev–Trinajstić information content (AvgIpc) is 2.99. The number of methoxy groups -OCH3 is 1. The Labute approximate surface area is 126 Å². The number of thiophene rings is 1. The van der Waals surface area contributed by atoms with Crippen LogP contribution >= 0.6 is 11.3 Å². The molecule has 1 aliphatic carbocycles. The van der Waals surface area contributed by atoms with E-state index in [0.29, 0.717) is 24.2 Å². The molecule has 0 bridgehead atoms. The molecule has 21 heavy (non-hydrogen) atoms. The molecule has 0 saturated heterocycles. The summed E-state index contributed by atoms with van der Waals surface area (Å²) >= 11 is 1.48. The van der Waals surface area contributed by atoms with Gasteiger partial charge in [-0.15, -0.1) is 11.3 Å². The van der Waals surface area contributed by atoms with Gasteiger partial charge in [0.05, 0.1) is 13.0 Å². The van der Waals surface area contributed by atoms with Crippen molar-refractivity contribution in [1.82, 2.24) is 0 Å². The molecule has 2 heterocycles. The predicted octanol–water partition coefficient (Wildman–Crippen LogP) is 2.21. The fraction of sp³-hybridized carbons (Fsp3) is 0.333. The van der Waals surface area contributed by atoms with Crippen LogP contribution in [-0.4, -0.2) is 18.9 Å². The first-order valence-electron chi connectivity index (χ1n) is 6.69. The molecule has 0 spiro atoms. The lowest BCUT2D eigenvalue weighted by atomic mass is 9.80. The molecule has 2 N–H and O–H groups in total. The minimum atomic E-state index is -0.559. The van der Waals surface area contributed by atoms with Crippen LogP contribution in [0.4, 0.5) is 0 Å². The number of ether oxygens (including phenoxy) is 2. The van der Waals surface area contributed by atoms with E-state index < -0.39 is 11.9 Å². The molecule has 1 aromatic heterocycles. The van der Waals surface area contributed by atoms with E-state index in [-0.39, 0.29) is 17.2 Å². The fourth-order valence-electron chi connectivity index (χ4n) is 2.81. The standard InChI is InChI=1S/C15H15NO4S/c1-19-15(18)13-12(10-6-3-7-21-10)11-8(17)4-2-5-9(11)20-14(13)16/h3,6-7,12H,2,4-5,16H2,1H3/t12-/m0/s1. The minimum Gasteiger partial charge on any atom is -0.465 e. The highest BCUT2D eigenvalue weighted by Crippen LogP contribution is 2.45. The van der Waals surface area contributed by atoms with Crippen molar-refractivity contribution in [2.24, 2.45) is 5.73 Å². The summed E-state index contributed by atoms with van der Waals surface area (Å²) in [6.07, 6.45) is 1.88. The zero-order valence-electron chi connectivity index (χ0n) is 11.5. The van der Waals surface area contributed by atoms with Crippen LogP contribution in [0.1, 0.15) is 30.1 Å². The maximum atomic E-state index is 12.3. The maximum Gasteiger partial charge on any atom is 0.340 e. The molecule has 6 heteroatoms. The van der Waals surface area contributed by atoms with Gasteiger partial charge in [-0.2, -0.15) is 0 Å². The minimum absolute atomic E-state index is 0.0172. The molecule has 0 fully saturated rings. The quantitative estimate of drug-likeness (QED) is 0.848. The molecule has 0 amide bonds. The first-order chi connectivity index (χ1) is 10.1. The van der Waals surface area contributed by atoms with Crippen molar-refractivity contribution < 1.29 is 19.1 Å². The summed E-state index contributed by atoms with van der Waals surface area (Å²) in [6, 6.07) is 3.78. The summed E-state index contributed by atoms with van der Waals surface area (Å²) in [6.45, 7) is 0. The van der Waals surface area contributed by atoms with Crippen molar-refractivity contribution >= 4 is 23.1 Å². The number of hydrogen-bond donors (Lipinski definition) is 1. The second-order valence-electron chi connectivity index (χ2n) is 4.93. The predicted molar refractivity (Wildman–Crippen MR) is 77.3 cm³/mol. The highest BCUT2D eigenvalue weighted by atomic mass is 32.1. The first kappa shape index (κ1) is 13.9. The van der Waals surface area contributed by atoms with Gasteiger partial charge in [-0.1, -0.05) is 6.07 Å². The molecule has 0 saturated carbocycles. The van der Waals surface area contributed by atoms with E-state index in [4.69, 9.17) is 15.2 Å². The number of hydrogen-bond acceptors (Lipinski definition) is 6. The number of carbonyl (C=O) groups excluding carboxylic acids is 2. The molecule has 110 valence electrons. The molecule has 0 unspecified atom stereocenters. The second-order valence-corrected chi connectivity index (χ2v) is 5.91. The summed E-state index contributed by atoms with van der Waals surface area (Å²) in [5.74, 6) is -0.392. The van der Waals surface area contributed by atoms with Gasteiger partial charge in [-0.25, -0.2) is 4.79 Å². The van der Waals surface area contributed by atoms with E-state index in [1.807, 2.05) is 17.5 Å². The van der Waals surface area contributed by atoms with Crippen molar-refractivity contribution in [1.29, 1.82) is 0 Å². The molecular weight excluding hydrogens is 290 g/mol. The lowest BCUT2D eigenvalue weighted by Gasteiger charge is -2.31. The van der Waals surface area contributed by atoms with Crippen molar-refractivity contribution in [2.75, 3.05) is 7.11 Å². The highest BCUT2D eigenvalue weighted by molar-refractivity contribution is 7.10. The van der Waals surface area contributed by atoms with E-state index in [9.17, 15) is 9.59 Å². The number of allylic oxidation sites excluding steroid dienone is 2. The average molecular weight is 305 g/mol.